The highest BCUT2D eigenvalue weighted by atomic mass is 32.2. The number of nitrogens with one attached hydrogen (secondary N) is 1. The summed E-state index contributed by atoms with van der Waals surface area (Å²) in [4.78, 5) is 59.8. The van der Waals surface area contributed by atoms with Gasteiger partial charge in [0.05, 0.1) is 27.9 Å². The van der Waals surface area contributed by atoms with Gasteiger partial charge in [0.1, 0.15) is 6.54 Å². The van der Waals surface area contributed by atoms with Gasteiger partial charge in [-0.05, 0) is 65.2 Å². The molecule has 216 valence electrons. The van der Waals surface area contributed by atoms with E-state index in [1.54, 1.807) is 12.1 Å². The summed E-state index contributed by atoms with van der Waals surface area (Å²) >= 11 is 0.676. The third-order valence-electron chi connectivity index (χ3n) is 6.09. The van der Waals surface area contributed by atoms with Crippen molar-refractivity contribution < 1.29 is 33.7 Å². The molecule has 0 bridgehead atoms. The van der Waals surface area contributed by atoms with Gasteiger partial charge >= 0.3 is 5.69 Å². The molecule has 0 unspecified atom stereocenters. The molecule has 0 aliphatic carbocycles. The standard InChI is InChI=1S/C28H24N4O9S/c1-16(2)18-5-7-19(8-6-18)29-26(33)15-30-27(34)25(42-28(30)35)13-17-4-10-23(24(12-17)40-3)41-22-11-9-20(31(36)37)14-21(22)32(38)39/h4-14,16H,15H2,1-3H3,(H,29,33)/b25-13+. The van der Waals surface area contributed by atoms with E-state index >= 15 is 0 Å². The average Bonchev–Trinajstić information content (AvgIpc) is 3.21. The monoisotopic (exact) mass is 592 g/mol. The summed E-state index contributed by atoms with van der Waals surface area (Å²) in [6.07, 6.45) is 1.44. The van der Waals surface area contributed by atoms with Crippen LogP contribution in [0.1, 0.15) is 30.9 Å². The van der Waals surface area contributed by atoms with Gasteiger partial charge in [-0.3, -0.25) is 39.5 Å². The SMILES string of the molecule is COc1cc(/C=C2/SC(=O)N(CC(=O)Nc3ccc(C(C)C)cc3)C2=O)ccc1Oc1ccc([N+](=O)[O-])cc1[N+](=O)[O-]. The second-order valence-electron chi connectivity index (χ2n) is 9.27. The molecule has 1 aliphatic rings. The molecule has 0 saturated carbocycles. The van der Waals surface area contributed by atoms with E-state index in [0.717, 1.165) is 28.7 Å². The number of ether oxygens (including phenoxy) is 2. The number of carbonyl (C=O) groups is 3. The topological polar surface area (TPSA) is 171 Å². The Morgan fingerprint density at radius 1 is 0.976 bits per heavy atom. The molecule has 0 atom stereocenters. The van der Waals surface area contributed by atoms with Gasteiger partial charge in [-0.25, -0.2) is 0 Å². The fourth-order valence-electron chi connectivity index (χ4n) is 3.91. The highest BCUT2D eigenvalue weighted by Gasteiger charge is 2.36. The number of anilines is 1. The maximum Gasteiger partial charge on any atom is 0.318 e. The molecule has 4 rings (SSSR count). The molecule has 3 amide bonds. The molecule has 3 aromatic carbocycles. The van der Waals surface area contributed by atoms with Gasteiger partial charge in [0.15, 0.2) is 11.5 Å². The summed E-state index contributed by atoms with van der Waals surface area (Å²) in [6.45, 7) is 3.64. The molecule has 0 spiro atoms. The maximum atomic E-state index is 12.9. The molecule has 3 aromatic rings. The van der Waals surface area contributed by atoms with Crippen LogP contribution in [0.25, 0.3) is 6.08 Å². The van der Waals surface area contributed by atoms with E-state index in [-0.39, 0.29) is 22.2 Å². The predicted molar refractivity (Wildman–Crippen MR) is 155 cm³/mol. The van der Waals surface area contributed by atoms with E-state index in [1.165, 1.54) is 31.4 Å². The third-order valence-corrected chi connectivity index (χ3v) is 7.00. The van der Waals surface area contributed by atoms with Gasteiger partial charge < -0.3 is 14.8 Å². The predicted octanol–water partition coefficient (Wildman–Crippen LogP) is 6.10. The molecule has 0 radical (unpaired) electrons. The number of methoxy groups -OCH3 is 1. The van der Waals surface area contributed by atoms with Crippen LogP contribution in [0.5, 0.6) is 17.2 Å². The number of rotatable bonds is 10. The Balaban J connectivity index is 1.48. The summed E-state index contributed by atoms with van der Waals surface area (Å²) in [5.41, 5.74) is 1.01. The average molecular weight is 593 g/mol. The molecule has 0 aromatic heterocycles. The Kier molecular flexibility index (Phi) is 8.86. The summed E-state index contributed by atoms with van der Waals surface area (Å²) in [5, 5.41) is 24.5. The highest BCUT2D eigenvalue weighted by molar-refractivity contribution is 8.18. The zero-order valence-corrected chi connectivity index (χ0v) is 23.4. The summed E-state index contributed by atoms with van der Waals surface area (Å²) < 4.78 is 11.0. The minimum absolute atomic E-state index is 0.0674. The highest BCUT2D eigenvalue weighted by Crippen LogP contribution is 2.39. The van der Waals surface area contributed by atoms with Gasteiger partial charge in [-0.2, -0.15) is 0 Å². The number of thioether (sulfide) groups is 1. The number of benzene rings is 3. The molecule has 13 nitrogen and oxygen atoms in total. The van der Waals surface area contributed by atoms with E-state index in [2.05, 4.69) is 19.2 Å². The van der Waals surface area contributed by atoms with Gasteiger partial charge in [-0.1, -0.05) is 32.0 Å². The summed E-state index contributed by atoms with van der Waals surface area (Å²) in [7, 11) is 1.33. The van der Waals surface area contributed by atoms with Crippen molar-refractivity contribution in [1.82, 2.24) is 4.90 Å². The van der Waals surface area contributed by atoms with Crippen molar-refractivity contribution in [2.75, 3.05) is 19.0 Å². The van der Waals surface area contributed by atoms with E-state index in [9.17, 15) is 34.6 Å². The minimum atomic E-state index is -0.804. The normalized spacial score (nSPS) is 13.9. The first-order valence-corrected chi connectivity index (χ1v) is 13.2. The van der Waals surface area contributed by atoms with Crippen LogP contribution in [-0.2, 0) is 9.59 Å². The number of nitro groups is 2. The zero-order chi connectivity index (χ0) is 30.6. The fourth-order valence-corrected chi connectivity index (χ4v) is 4.75. The quantitative estimate of drug-likeness (QED) is 0.165. The maximum absolute atomic E-state index is 12.9. The first-order chi connectivity index (χ1) is 20.0. The Hall–Kier alpha value is -5.24. The van der Waals surface area contributed by atoms with Crippen molar-refractivity contribution in [3.8, 4) is 17.2 Å². The number of amides is 3. The van der Waals surface area contributed by atoms with Crippen LogP contribution in [0.15, 0.2) is 65.6 Å². The van der Waals surface area contributed by atoms with Crippen LogP contribution in [0, 0.1) is 20.2 Å². The second kappa shape index (κ2) is 12.5. The van der Waals surface area contributed by atoms with Crippen LogP contribution >= 0.6 is 11.8 Å². The van der Waals surface area contributed by atoms with E-state index in [0.29, 0.717) is 28.9 Å². The number of nitro benzene ring substituents is 2. The van der Waals surface area contributed by atoms with Crippen molar-refractivity contribution in [3.63, 3.8) is 0 Å². The Morgan fingerprint density at radius 2 is 1.67 bits per heavy atom. The van der Waals surface area contributed by atoms with Gasteiger partial charge in [0, 0.05) is 11.8 Å². The van der Waals surface area contributed by atoms with E-state index < -0.39 is 44.8 Å². The lowest BCUT2D eigenvalue weighted by Crippen LogP contribution is -2.36. The molecular formula is C28H24N4O9S. The summed E-state index contributed by atoms with van der Waals surface area (Å²) in [5.74, 6) is -0.879. The van der Waals surface area contributed by atoms with Crippen LogP contribution in [-0.4, -0.2) is 45.5 Å². The van der Waals surface area contributed by atoms with Gasteiger partial charge in [-0.15, -0.1) is 0 Å². The molecule has 42 heavy (non-hydrogen) atoms. The first kappa shape index (κ1) is 29.7. The van der Waals surface area contributed by atoms with Crippen LogP contribution in [0.2, 0.25) is 0 Å². The number of imide groups is 1. The zero-order valence-electron chi connectivity index (χ0n) is 22.6. The van der Waals surface area contributed by atoms with Crippen molar-refractivity contribution in [2.45, 2.75) is 19.8 Å². The van der Waals surface area contributed by atoms with Crippen molar-refractivity contribution in [1.29, 1.82) is 0 Å². The molecule has 1 saturated heterocycles. The van der Waals surface area contributed by atoms with E-state index in [4.69, 9.17) is 9.47 Å². The lowest BCUT2D eigenvalue weighted by atomic mass is 10.0. The Morgan fingerprint density at radius 3 is 2.29 bits per heavy atom. The van der Waals surface area contributed by atoms with Crippen LogP contribution in [0.3, 0.4) is 0 Å². The Bertz CT molecular complexity index is 1620. The minimum Gasteiger partial charge on any atom is -0.493 e. The lowest BCUT2D eigenvalue weighted by molar-refractivity contribution is -0.394. The smallest absolute Gasteiger partial charge is 0.318 e. The summed E-state index contributed by atoms with van der Waals surface area (Å²) in [6, 6.07) is 14.7. The second-order valence-corrected chi connectivity index (χ2v) is 10.3. The lowest BCUT2D eigenvalue weighted by Gasteiger charge is -2.13. The molecule has 1 N–H and O–H groups in total. The van der Waals surface area contributed by atoms with Crippen molar-refractivity contribution in [3.05, 3.63) is 96.9 Å². The van der Waals surface area contributed by atoms with Gasteiger partial charge in [0.2, 0.25) is 11.7 Å². The fraction of sp³-hybridized carbons (Fsp3) is 0.179. The number of hydrogen-bond acceptors (Lipinski definition) is 10. The van der Waals surface area contributed by atoms with Crippen LogP contribution in [0.4, 0.5) is 21.9 Å². The molecule has 1 heterocycles. The van der Waals surface area contributed by atoms with Gasteiger partial charge in [0.25, 0.3) is 16.8 Å². The van der Waals surface area contributed by atoms with Crippen LogP contribution < -0.4 is 14.8 Å². The first-order valence-electron chi connectivity index (χ1n) is 12.4. The number of hydrogen-bond donors (Lipinski definition) is 1. The number of non-ortho nitro benzene ring substituents is 1. The largest absolute Gasteiger partial charge is 0.493 e. The molecular weight excluding hydrogens is 568 g/mol. The van der Waals surface area contributed by atoms with Crippen molar-refractivity contribution in [2.24, 2.45) is 0 Å². The Labute approximate surface area is 243 Å². The third kappa shape index (κ3) is 6.72. The number of carbonyl (C=O) groups excluding carboxylic acids is 3. The van der Waals surface area contributed by atoms with E-state index in [1.807, 2.05) is 12.1 Å². The molecule has 1 aliphatic heterocycles. The molecule has 1 fully saturated rings. The van der Waals surface area contributed by atoms with Crippen molar-refractivity contribution >= 4 is 52.0 Å². The number of nitrogens with zero attached hydrogens (tertiary/aromatic N) is 3. The molecule has 14 heteroatoms.